The molecule has 23 nitrogen and oxygen atoms in total. The average molecular weight is 984 g/mol. The van der Waals surface area contributed by atoms with E-state index in [1.165, 1.54) is 25.7 Å². The second-order valence-electron chi connectivity index (χ2n) is 17.9. The number of carbonyl (C=O) groups is 9. The Labute approximate surface area is 406 Å². The molecule has 1 saturated heterocycles. The molecule has 12 atom stereocenters. The lowest BCUT2D eigenvalue weighted by Crippen LogP contribution is -2.62. The molecule has 0 aromatic heterocycles. The second-order valence-corrected chi connectivity index (χ2v) is 17.9. The van der Waals surface area contributed by atoms with Gasteiger partial charge in [0, 0.05) is 19.4 Å². The van der Waals surface area contributed by atoms with Crippen molar-refractivity contribution in [2.24, 2.45) is 11.7 Å². The second kappa shape index (κ2) is 27.6. The van der Waals surface area contributed by atoms with Gasteiger partial charge in [0.05, 0.1) is 24.9 Å². The zero-order chi connectivity index (χ0) is 52.4. The van der Waals surface area contributed by atoms with Gasteiger partial charge in [-0.15, -0.1) is 0 Å². The topological polar surface area (TPSA) is 368 Å². The number of likely N-dealkylation sites (tertiary alicyclic amines) is 1. The molecular formula is C47H69N9O14. The summed E-state index contributed by atoms with van der Waals surface area (Å²) in [6.07, 6.45) is -3.92. The first-order valence-corrected chi connectivity index (χ1v) is 23.1. The van der Waals surface area contributed by atoms with E-state index in [4.69, 9.17) is 5.73 Å². The maximum Gasteiger partial charge on any atom is 0.328 e. The normalized spacial score (nSPS) is 18.2. The summed E-state index contributed by atoms with van der Waals surface area (Å²) >= 11 is 0. The number of carbonyl (C=O) groups excluding carboxylic acids is 8. The van der Waals surface area contributed by atoms with Crippen LogP contribution in [0.15, 0.2) is 60.7 Å². The van der Waals surface area contributed by atoms with Crippen LogP contribution in [0.3, 0.4) is 0 Å². The summed E-state index contributed by atoms with van der Waals surface area (Å²) in [6.45, 7) is 7.67. The van der Waals surface area contributed by atoms with Crippen molar-refractivity contribution >= 4 is 53.2 Å². The molecule has 2 aromatic rings. The number of aliphatic hydroxyl groups excluding tert-OH is 4. The predicted molar refractivity (Wildman–Crippen MR) is 251 cm³/mol. The van der Waals surface area contributed by atoms with Crippen molar-refractivity contribution in [1.29, 1.82) is 0 Å². The first-order chi connectivity index (χ1) is 32.9. The van der Waals surface area contributed by atoms with Crippen molar-refractivity contribution in [3.8, 4) is 0 Å². The van der Waals surface area contributed by atoms with Gasteiger partial charge in [-0.05, 0) is 64.0 Å². The lowest BCUT2D eigenvalue weighted by atomic mass is 10.0. The molecule has 386 valence electrons. The fourth-order valence-corrected chi connectivity index (χ4v) is 7.50. The summed E-state index contributed by atoms with van der Waals surface area (Å²) in [4.78, 5) is 122. The standard InChI is InChI=1S/C47H69N9O14/c1-24(2)20-31(50-44(66)36(48)26(4)58)40(62)53-34(23-57)42(64)52-33(22-30-16-11-8-12-17-30)46(68)56-19-13-18-35(56)43(65)49-25(3)39(61)54-37(27(5)59)45(67)51-32(21-29-14-9-7-10-15-29)41(63)55-38(28(6)60)47(69)70/h7-12,14-17,24-28,31-38,57-60H,13,18-23,48H2,1-6H3,(H,49,65)(H,50,66)(H,51,67)(H,52,64)(H,53,62)(H,54,61)(H,55,63)(H,69,70)/t25-,26+,27+,28+,31-,32-,33-,34-,35-,36-,37-,38-/m0/s1. The van der Waals surface area contributed by atoms with Crippen molar-refractivity contribution < 1.29 is 68.7 Å². The van der Waals surface area contributed by atoms with E-state index in [0.717, 1.165) is 6.92 Å². The van der Waals surface area contributed by atoms with E-state index in [-0.39, 0.29) is 38.1 Å². The summed E-state index contributed by atoms with van der Waals surface area (Å²) in [6, 6.07) is 4.03. The Morgan fingerprint density at radius 3 is 1.56 bits per heavy atom. The maximum atomic E-state index is 14.4. The fourth-order valence-electron chi connectivity index (χ4n) is 7.50. The Balaban J connectivity index is 1.77. The molecule has 1 aliphatic rings. The van der Waals surface area contributed by atoms with Crippen molar-refractivity contribution in [2.75, 3.05) is 13.2 Å². The van der Waals surface area contributed by atoms with Crippen molar-refractivity contribution in [3.05, 3.63) is 71.8 Å². The maximum absolute atomic E-state index is 14.4. The summed E-state index contributed by atoms with van der Waals surface area (Å²) < 4.78 is 0. The number of amides is 8. The minimum absolute atomic E-state index is 0.0659. The van der Waals surface area contributed by atoms with Gasteiger partial charge in [-0.25, -0.2) is 4.79 Å². The lowest BCUT2D eigenvalue weighted by molar-refractivity contribution is -0.145. The number of aliphatic carboxylic acids is 1. The number of rotatable bonds is 26. The molecular weight excluding hydrogens is 915 g/mol. The number of nitrogens with one attached hydrogen (secondary N) is 7. The molecule has 2 aromatic carbocycles. The monoisotopic (exact) mass is 983 g/mol. The molecule has 0 saturated carbocycles. The van der Waals surface area contributed by atoms with Crippen LogP contribution in [0, 0.1) is 5.92 Å². The highest BCUT2D eigenvalue weighted by atomic mass is 16.4. The number of benzene rings is 2. The van der Waals surface area contributed by atoms with E-state index in [9.17, 15) is 68.7 Å². The first kappa shape index (κ1) is 57.8. The van der Waals surface area contributed by atoms with Crippen LogP contribution in [-0.2, 0) is 56.0 Å². The van der Waals surface area contributed by atoms with Crippen LogP contribution < -0.4 is 43.0 Å². The number of hydrogen-bond acceptors (Lipinski definition) is 14. The van der Waals surface area contributed by atoms with E-state index in [1.807, 2.05) is 0 Å². The van der Waals surface area contributed by atoms with Gasteiger partial charge in [0.1, 0.15) is 48.3 Å². The van der Waals surface area contributed by atoms with Gasteiger partial charge < -0.3 is 73.4 Å². The number of hydrogen-bond donors (Lipinski definition) is 13. The van der Waals surface area contributed by atoms with Gasteiger partial charge in [-0.2, -0.15) is 0 Å². The fraction of sp³-hybridized carbons (Fsp3) is 0.553. The molecule has 8 amide bonds. The third-order valence-electron chi connectivity index (χ3n) is 11.5. The molecule has 70 heavy (non-hydrogen) atoms. The third kappa shape index (κ3) is 17.5. The number of nitrogens with zero attached hydrogens (tertiary/aromatic N) is 1. The van der Waals surface area contributed by atoms with E-state index in [1.54, 1.807) is 74.5 Å². The largest absolute Gasteiger partial charge is 0.480 e. The van der Waals surface area contributed by atoms with Gasteiger partial charge in [-0.3, -0.25) is 38.4 Å². The number of carboxylic acid groups (broad SMARTS) is 1. The highest BCUT2D eigenvalue weighted by Crippen LogP contribution is 2.20. The minimum atomic E-state index is -1.73. The van der Waals surface area contributed by atoms with E-state index in [2.05, 4.69) is 37.2 Å². The predicted octanol–water partition coefficient (Wildman–Crippen LogP) is -3.53. The molecule has 0 spiro atoms. The Bertz CT molecular complexity index is 2110. The molecule has 0 unspecified atom stereocenters. The molecule has 0 radical (unpaired) electrons. The smallest absolute Gasteiger partial charge is 0.328 e. The number of nitrogens with two attached hydrogens (primary N) is 1. The van der Waals surface area contributed by atoms with Crippen LogP contribution in [0.2, 0.25) is 0 Å². The summed E-state index contributed by atoms with van der Waals surface area (Å²) in [5.74, 6) is -8.70. The Morgan fingerprint density at radius 2 is 1.06 bits per heavy atom. The van der Waals surface area contributed by atoms with Gasteiger partial charge in [-0.1, -0.05) is 74.5 Å². The summed E-state index contributed by atoms with van der Waals surface area (Å²) in [5.41, 5.74) is 6.92. The highest BCUT2D eigenvalue weighted by Gasteiger charge is 2.40. The Morgan fingerprint density at radius 1 is 0.586 bits per heavy atom. The summed E-state index contributed by atoms with van der Waals surface area (Å²) in [5, 5.41) is 67.2. The van der Waals surface area contributed by atoms with Crippen LogP contribution in [0.25, 0.3) is 0 Å². The minimum Gasteiger partial charge on any atom is -0.480 e. The molecule has 0 aliphatic carbocycles. The summed E-state index contributed by atoms with van der Waals surface area (Å²) in [7, 11) is 0. The molecule has 0 bridgehead atoms. The molecule has 1 aliphatic heterocycles. The van der Waals surface area contributed by atoms with Gasteiger partial charge >= 0.3 is 5.97 Å². The molecule has 3 rings (SSSR count). The van der Waals surface area contributed by atoms with Crippen molar-refractivity contribution in [2.45, 2.75) is 146 Å². The Hall–Kier alpha value is -6.53. The first-order valence-electron chi connectivity index (χ1n) is 23.1. The van der Waals surface area contributed by atoms with Gasteiger partial charge in [0.2, 0.25) is 47.3 Å². The van der Waals surface area contributed by atoms with Crippen molar-refractivity contribution in [1.82, 2.24) is 42.1 Å². The van der Waals surface area contributed by atoms with Crippen LogP contribution in [0.4, 0.5) is 0 Å². The molecule has 1 heterocycles. The molecule has 1 fully saturated rings. The number of carboxylic acids is 1. The number of aliphatic hydroxyl groups is 4. The van der Waals surface area contributed by atoms with Crippen LogP contribution in [-0.4, -0.2) is 169 Å². The van der Waals surface area contributed by atoms with E-state index >= 15 is 0 Å². The van der Waals surface area contributed by atoms with Crippen LogP contribution in [0.1, 0.15) is 71.9 Å². The highest BCUT2D eigenvalue weighted by molar-refractivity contribution is 5.98. The van der Waals surface area contributed by atoms with Crippen LogP contribution in [0.5, 0.6) is 0 Å². The zero-order valence-electron chi connectivity index (χ0n) is 40.2. The quantitative estimate of drug-likeness (QED) is 0.0435. The average Bonchev–Trinajstić information content (AvgIpc) is 3.81. The Kier molecular flexibility index (Phi) is 22.8. The van der Waals surface area contributed by atoms with Gasteiger partial charge in [0.25, 0.3) is 0 Å². The van der Waals surface area contributed by atoms with Crippen molar-refractivity contribution in [3.63, 3.8) is 0 Å². The van der Waals surface area contributed by atoms with Gasteiger partial charge in [0.15, 0.2) is 6.04 Å². The lowest BCUT2D eigenvalue weighted by Gasteiger charge is -2.31. The van der Waals surface area contributed by atoms with E-state index < -0.39 is 133 Å². The zero-order valence-corrected chi connectivity index (χ0v) is 40.2. The molecule has 14 N–H and O–H groups in total. The van der Waals surface area contributed by atoms with E-state index in [0.29, 0.717) is 17.5 Å². The third-order valence-corrected chi connectivity index (χ3v) is 11.5. The SMILES string of the molecule is CC(C)C[C@H](NC(=O)[C@@H](N)[C@@H](C)O)C(=O)N[C@@H](CO)C(=O)N[C@@H](Cc1ccccc1)C(=O)N1CCC[C@H]1C(=O)N[C@@H](C)C(=O)N[C@H](C(=O)N[C@@H](Cc1ccccc1)C(=O)N[C@H](C(=O)O)[C@@H](C)O)[C@@H](C)O. The van der Waals surface area contributed by atoms with Crippen LogP contribution >= 0.6 is 0 Å². The molecule has 23 heteroatoms.